The third-order valence-corrected chi connectivity index (χ3v) is 3.51. The first-order valence-electron chi connectivity index (χ1n) is 6.50. The summed E-state index contributed by atoms with van der Waals surface area (Å²) in [5, 5.41) is 3.91. The van der Waals surface area contributed by atoms with Crippen LogP contribution in [0.4, 0.5) is 0 Å². The zero-order chi connectivity index (χ0) is 13.2. The van der Waals surface area contributed by atoms with Crippen molar-refractivity contribution in [1.29, 1.82) is 0 Å². The van der Waals surface area contributed by atoms with Gasteiger partial charge in [-0.05, 0) is 43.5 Å². The molecule has 0 saturated heterocycles. The summed E-state index contributed by atoms with van der Waals surface area (Å²) in [5.41, 5.74) is 6.84. The molecule has 2 heterocycles. The number of aromatic nitrogens is 2. The summed E-state index contributed by atoms with van der Waals surface area (Å²) >= 11 is 0. The number of carbonyl (C=O) groups is 1. The minimum Gasteiger partial charge on any atom is -0.348 e. The molecule has 98 valence electrons. The molecule has 0 spiro atoms. The molecule has 5 nitrogen and oxygen atoms in total. The number of hydrogen-bond acceptors (Lipinski definition) is 4. The molecule has 3 N–H and O–H groups in total. The number of amides is 1. The highest BCUT2D eigenvalue weighted by molar-refractivity contribution is 5.94. The van der Waals surface area contributed by atoms with Crippen LogP contribution in [0.1, 0.15) is 29.8 Å². The van der Waals surface area contributed by atoms with Crippen LogP contribution < -0.4 is 11.1 Å². The quantitative estimate of drug-likeness (QED) is 0.847. The fourth-order valence-electron chi connectivity index (χ4n) is 2.49. The molecule has 0 aromatic carbocycles. The second kappa shape index (κ2) is 4.93. The van der Waals surface area contributed by atoms with Crippen LogP contribution >= 0.6 is 0 Å². The van der Waals surface area contributed by atoms with Crippen molar-refractivity contribution in [1.82, 2.24) is 15.3 Å². The second-order valence-corrected chi connectivity index (χ2v) is 4.99. The zero-order valence-corrected chi connectivity index (χ0v) is 10.5. The van der Waals surface area contributed by atoms with Gasteiger partial charge in [-0.15, -0.1) is 0 Å². The summed E-state index contributed by atoms with van der Waals surface area (Å²) in [4.78, 5) is 20.5. The maximum atomic E-state index is 12.1. The molecule has 0 aliphatic heterocycles. The topological polar surface area (TPSA) is 80.9 Å². The molecule has 0 bridgehead atoms. The van der Waals surface area contributed by atoms with Crippen molar-refractivity contribution in [2.24, 2.45) is 5.73 Å². The van der Waals surface area contributed by atoms with Gasteiger partial charge in [0.1, 0.15) is 5.69 Å². The average Bonchev–Trinajstić information content (AvgIpc) is 2.83. The van der Waals surface area contributed by atoms with E-state index in [1.807, 2.05) is 18.2 Å². The Morgan fingerprint density at radius 1 is 1.32 bits per heavy atom. The van der Waals surface area contributed by atoms with Crippen molar-refractivity contribution in [3.8, 4) is 0 Å². The van der Waals surface area contributed by atoms with Crippen molar-refractivity contribution in [3.63, 3.8) is 0 Å². The molecule has 1 fully saturated rings. The monoisotopic (exact) mass is 256 g/mol. The number of nitrogens with one attached hydrogen (secondary N) is 1. The Labute approximate surface area is 111 Å². The van der Waals surface area contributed by atoms with Gasteiger partial charge in [0.05, 0.1) is 0 Å². The van der Waals surface area contributed by atoms with E-state index in [-0.39, 0.29) is 18.0 Å². The van der Waals surface area contributed by atoms with Gasteiger partial charge in [0.25, 0.3) is 5.91 Å². The standard InChI is InChI=1S/C14H16N4O/c15-10-4-5-11(8-10)17-14(19)12-6-3-9-2-1-7-16-13(9)18-12/h1-3,6-7,10-11H,4-5,8,15H2,(H,17,19)/t10-,11-/m1/s1. The lowest BCUT2D eigenvalue weighted by atomic mass is 10.2. The van der Waals surface area contributed by atoms with Crippen LogP contribution in [0.25, 0.3) is 11.0 Å². The van der Waals surface area contributed by atoms with Gasteiger partial charge >= 0.3 is 0 Å². The van der Waals surface area contributed by atoms with Gasteiger partial charge in [0.15, 0.2) is 5.65 Å². The van der Waals surface area contributed by atoms with Gasteiger partial charge in [-0.2, -0.15) is 0 Å². The van der Waals surface area contributed by atoms with Gasteiger partial charge in [0, 0.05) is 23.7 Å². The molecule has 1 amide bonds. The van der Waals surface area contributed by atoms with Gasteiger partial charge < -0.3 is 11.1 Å². The first-order chi connectivity index (χ1) is 9.22. The number of nitrogens with zero attached hydrogens (tertiary/aromatic N) is 2. The van der Waals surface area contributed by atoms with E-state index >= 15 is 0 Å². The van der Waals surface area contributed by atoms with Crippen LogP contribution in [-0.4, -0.2) is 28.0 Å². The zero-order valence-electron chi connectivity index (χ0n) is 10.5. The lowest BCUT2D eigenvalue weighted by Crippen LogP contribution is -2.34. The smallest absolute Gasteiger partial charge is 0.270 e. The summed E-state index contributed by atoms with van der Waals surface area (Å²) in [7, 11) is 0. The molecule has 0 unspecified atom stereocenters. The molecule has 1 aliphatic rings. The maximum Gasteiger partial charge on any atom is 0.270 e. The Morgan fingerprint density at radius 3 is 3.00 bits per heavy atom. The van der Waals surface area contributed by atoms with E-state index in [0.29, 0.717) is 11.3 Å². The molecule has 0 radical (unpaired) electrons. The lowest BCUT2D eigenvalue weighted by Gasteiger charge is -2.11. The van der Waals surface area contributed by atoms with Crippen molar-refractivity contribution in [2.45, 2.75) is 31.3 Å². The molecule has 2 aromatic heterocycles. The predicted octanol–water partition coefficient (Wildman–Crippen LogP) is 1.24. The number of hydrogen-bond donors (Lipinski definition) is 2. The molecule has 5 heteroatoms. The molecule has 1 saturated carbocycles. The normalized spacial score (nSPS) is 22.6. The van der Waals surface area contributed by atoms with Crippen molar-refractivity contribution >= 4 is 16.9 Å². The Hall–Kier alpha value is -2.01. The van der Waals surface area contributed by atoms with E-state index in [2.05, 4.69) is 15.3 Å². The molecule has 19 heavy (non-hydrogen) atoms. The summed E-state index contributed by atoms with van der Waals surface area (Å²) in [6.45, 7) is 0. The number of fused-ring (bicyclic) bond motifs is 1. The largest absolute Gasteiger partial charge is 0.348 e. The fourth-order valence-corrected chi connectivity index (χ4v) is 2.49. The SMILES string of the molecule is N[C@@H]1CC[C@@H](NC(=O)c2ccc3cccnc3n2)C1. The summed E-state index contributed by atoms with van der Waals surface area (Å²) in [6, 6.07) is 7.75. The van der Waals surface area contributed by atoms with E-state index in [9.17, 15) is 4.79 Å². The Bertz CT molecular complexity index is 613. The number of carbonyl (C=O) groups excluding carboxylic acids is 1. The highest BCUT2D eigenvalue weighted by Gasteiger charge is 2.23. The third-order valence-electron chi connectivity index (χ3n) is 3.51. The van der Waals surface area contributed by atoms with Crippen molar-refractivity contribution in [3.05, 3.63) is 36.2 Å². The van der Waals surface area contributed by atoms with Crippen molar-refractivity contribution < 1.29 is 4.79 Å². The molecule has 2 atom stereocenters. The minimum absolute atomic E-state index is 0.147. The van der Waals surface area contributed by atoms with Gasteiger partial charge in [0.2, 0.25) is 0 Å². The Morgan fingerprint density at radius 2 is 2.21 bits per heavy atom. The maximum absolute atomic E-state index is 12.1. The van der Waals surface area contributed by atoms with E-state index in [1.165, 1.54) is 0 Å². The van der Waals surface area contributed by atoms with Gasteiger partial charge in [-0.25, -0.2) is 9.97 Å². The van der Waals surface area contributed by atoms with Gasteiger partial charge in [-0.3, -0.25) is 4.79 Å². The predicted molar refractivity (Wildman–Crippen MR) is 72.6 cm³/mol. The van der Waals surface area contributed by atoms with E-state index < -0.39 is 0 Å². The Kier molecular flexibility index (Phi) is 3.13. The number of nitrogens with two attached hydrogens (primary N) is 1. The summed E-state index contributed by atoms with van der Waals surface area (Å²) in [6.07, 6.45) is 4.43. The van der Waals surface area contributed by atoms with Crippen molar-refractivity contribution in [2.75, 3.05) is 0 Å². The molecule has 3 rings (SSSR count). The highest BCUT2D eigenvalue weighted by atomic mass is 16.1. The molecular weight excluding hydrogens is 240 g/mol. The average molecular weight is 256 g/mol. The third kappa shape index (κ3) is 2.56. The van der Waals surface area contributed by atoms with Gasteiger partial charge in [-0.1, -0.05) is 0 Å². The Balaban J connectivity index is 1.77. The highest BCUT2D eigenvalue weighted by Crippen LogP contribution is 2.17. The molecular formula is C14H16N4O. The fraction of sp³-hybridized carbons (Fsp3) is 0.357. The summed E-state index contributed by atoms with van der Waals surface area (Å²) in [5.74, 6) is -0.147. The minimum atomic E-state index is -0.147. The van der Waals surface area contributed by atoms with E-state index in [0.717, 1.165) is 24.6 Å². The molecule has 1 aliphatic carbocycles. The first-order valence-corrected chi connectivity index (χ1v) is 6.50. The van der Waals surface area contributed by atoms with Crippen LogP contribution in [0.15, 0.2) is 30.5 Å². The lowest BCUT2D eigenvalue weighted by molar-refractivity contribution is 0.0933. The van der Waals surface area contributed by atoms with Crippen LogP contribution in [0.2, 0.25) is 0 Å². The first kappa shape index (κ1) is 12.0. The van der Waals surface area contributed by atoms with E-state index in [4.69, 9.17) is 5.73 Å². The second-order valence-electron chi connectivity index (χ2n) is 4.99. The molecule has 2 aromatic rings. The van der Waals surface area contributed by atoms with E-state index in [1.54, 1.807) is 12.3 Å². The summed E-state index contributed by atoms with van der Waals surface area (Å²) < 4.78 is 0. The van der Waals surface area contributed by atoms with Crippen LogP contribution in [0.5, 0.6) is 0 Å². The van der Waals surface area contributed by atoms with Crippen LogP contribution in [0, 0.1) is 0 Å². The number of pyridine rings is 2. The van der Waals surface area contributed by atoms with Crippen LogP contribution in [0.3, 0.4) is 0 Å². The number of rotatable bonds is 2. The van der Waals surface area contributed by atoms with Crippen LogP contribution in [-0.2, 0) is 0 Å².